The lowest BCUT2D eigenvalue weighted by molar-refractivity contribution is -0.120. The third-order valence-corrected chi connectivity index (χ3v) is 5.76. The zero-order valence-corrected chi connectivity index (χ0v) is 18.5. The van der Waals surface area contributed by atoms with E-state index in [0.717, 1.165) is 6.07 Å². The standard InChI is InChI=1S/C25H24F3N3O3/c1-15(32)30-11-16-9-23(33)31(14-16)18-5-7-20(22(26)10-18)21-6-4-17(24(27)25(21)28)12-29-13-19-3-2-8-34-19/h2-8,10,16,29H,9,11-14H2,1H3,(H,30,32)/t16-/m0/s1. The van der Waals surface area contributed by atoms with Crippen LogP contribution in [0.4, 0.5) is 18.9 Å². The normalized spacial score (nSPS) is 15.7. The van der Waals surface area contributed by atoms with Crippen LogP contribution in [0.15, 0.2) is 53.1 Å². The fourth-order valence-corrected chi connectivity index (χ4v) is 4.01. The van der Waals surface area contributed by atoms with Gasteiger partial charge in [-0.05, 0) is 30.3 Å². The highest BCUT2D eigenvalue weighted by Crippen LogP contribution is 2.32. The average Bonchev–Trinajstić information content (AvgIpc) is 3.45. The summed E-state index contributed by atoms with van der Waals surface area (Å²) >= 11 is 0. The number of nitrogens with zero attached hydrogens (tertiary/aromatic N) is 1. The Labute approximate surface area is 194 Å². The molecule has 0 bridgehead atoms. The summed E-state index contributed by atoms with van der Waals surface area (Å²) in [6, 6.07) is 10.2. The van der Waals surface area contributed by atoms with Crippen molar-refractivity contribution in [2.24, 2.45) is 5.92 Å². The molecule has 1 atom stereocenters. The van der Waals surface area contributed by atoms with E-state index in [9.17, 15) is 22.8 Å². The van der Waals surface area contributed by atoms with E-state index in [4.69, 9.17) is 4.42 Å². The zero-order valence-electron chi connectivity index (χ0n) is 18.5. The second-order valence-corrected chi connectivity index (χ2v) is 8.26. The summed E-state index contributed by atoms with van der Waals surface area (Å²) in [6.07, 6.45) is 1.76. The van der Waals surface area contributed by atoms with Crippen LogP contribution in [0.25, 0.3) is 11.1 Å². The average molecular weight is 471 g/mol. The number of amides is 2. The van der Waals surface area contributed by atoms with Crippen molar-refractivity contribution in [2.75, 3.05) is 18.0 Å². The summed E-state index contributed by atoms with van der Waals surface area (Å²) < 4.78 is 49.6. The van der Waals surface area contributed by atoms with E-state index in [1.165, 1.54) is 42.4 Å². The molecule has 2 amide bonds. The molecule has 1 aliphatic rings. The van der Waals surface area contributed by atoms with E-state index in [2.05, 4.69) is 10.6 Å². The molecule has 1 aliphatic heterocycles. The number of benzene rings is 2. The number of anilines is 1. The molecule has 0 aliphatic carbocycles. The maximum Gasteiger partial charge on any atom is 0.227 e. The van der Waals surface area contributed by atoms with Gasteiger partial charge in [-0.15, -0.1) is 0 Å². The largest absolute Gasteiger partial charge is 0.468 e. The molecule has 1 saturated heterocycles. The summed E-state index contributed by atoms with van der Waals surface area (Å²) in [5.41, 5.74) is 0.137. The lowest BCUT2D eigenvalue weighted by atomic mass is 10.0. The zero-order chi connectivity index (χ0) is 24.2. The molecule has 4 rings (SSSR count). The lowest BCUT2D eigenvalue weighted by Crippen LogP contribution is -2.29. The fourth-order valence-electron chi connectivity index (χ4n) is 4.01. The van der Waals surface area contributed by atoms with Crippen molar-refractivity contribution in [3.63, 3.8) is 0 Å². The van der Waals surface area contributed by atoms with Gasteiger partial charge < -0.3 is 20.0 Å². The number of rotatable bonds is 8. The van der Waals surface area contributed by atoms with E-state index in [0.29, 0.717) is 31.1 Å². The Kier molecular flexibility index (Phi) is 7.02. The molecule has 34 heavy (non-hydrogen) atoms. The van der Waals surface area contributed by atoms with Crippen molar-refractivity contribution in [3.8, 4) is 11.1 Å². The molecule has 0 radical (unpaired) electrons. The van der Waals surface area contributed by atoms with Crippen molar-refractivity contribution in [1.82, 2.24) is 10.6 Å². The minimum atomic E-state index is -1.14. The predicted octanol–water partition coefficient (Wildman–Crippen LogP) is 4.14. The number of nitrogens with one attached hydrogen (secondary N) is 2. The molecule has 2 N–H and O–H groups in total. The smallest absolute Gasteiger partial charge is 0.227 e. The van der Waals surface area contributed by atoms with Crippen LogP contribution in [0.2, 0.25) is 0 Å². The summed E-state index contributed by atoms with van der Waals surface area (Å²) in [7, 11) is 0. The van der Waals surface area contributed by atoms with Gasteiger partial charge in [-0.3, -0.25) is 9.59 Å². The second-order valence-electron chi connectivity index (χ2n) is 8.26. The summed E-state index contributed by atoms with van der Waals surface area (Å²) in [5.74, 6) is -2.75. The molecule has 0 unspecified atom stereocenters. The Balaban J connectivity index is 1.47. The molecule has 6 nitrogen and oxygen atoms in total. The van der Waals surface area contributed by atoms with Gasteiger partial charge in [-0.25, -0.2) is 13.2 Å². The molecular weight excluding hydrogens is 447 g/mol. The minimum absolute atomic E-state index is 0.0713. The Morgan fingerprint density at radius 2 is 1.88 bits per heavy atom. The van der Waals surface area contributed by atoms with Crippen LogP contribution in [0.3, 0.4) is 0 Å². The first-order valence-corrected chi connectivity index (χ1v) is 10.9. The van der Waals surface area contributed by atoms with Crippen LogP contribution in [-0.4, -0.2) is 24.9 Å². The number of hydrogen-bond donors (Lipinski definition) is 2. The van der Waals surface area contributed by atoms with E-state index in [1.54, 1.807) is 12.1 Å². The Bertz CT molecular complexity index is 1200. The first-order chi connectivity index (χ1) is 16.3. The number of hydrogen-bond acceptors (Lipinski definition) is 4. The van der Waals surface area contributed by atoms with Crippen LogP contribution in [-0.2, 0) is 22.7 Å². The molecule has 9 heteroatoms. The maximum absolute atomic E-state index is 14.9. The van der Waals surface area contributed by atoms with E-state index < -0.39 is 17.5 Å². The molecule has 0 saturated carbocycles. The molecule has 2 aromatic carbocycles. The summed E-state index contributed by atoms with van der Waals surface area (Å²) in [5, 5.41) is 5.65. The molecule has 1 aromatic heterocycles. The summed E-state index contributed by atoms with van der Waals surface area (Å²) in [4.78, 5) is 24.9. The molecule has 178 valence electrons. The van der Waals surface area contributed by atoms with Crippen molar-refractivity contribution in [3.05, 3.63) is 77.5 Å². The van der Waals surface area contributed by atoms with Gasteiger partial charge >= 0.3 is 0 Å². The molecule has 1 fully saturated rings. The number of furan rings is 1. The van der Waals surface area contributed by atoms with Gasteiger partial charge in [0, 0.05) is 61.3 Å². The molecular formula is C25H24F3N3O3. The maximum atomic E-state index is 14.9. The Morgan fingerprint density at radius 1 is 1.09 bits per heavy atom. The number of carbonyl (C=O) groups is 2. The van der Waals surface area contributed by atoms with Crippen molar-refractivity contribution in [2.45, 2.75) is 26.4 Å². The van der Waals surface area contributed by atoms with Crippen molar-refractivity contribution >= 4 is 17.5 Å². The van der Waals surface area contributed by atoms with Gasteiger partial charge in [0.15, 0.2) is 11.6 Å². The Morgan fingerprint density at radius 3 is 2.59 bits per heavy atom. The highest BCUT2D eigenvalue weighted by atomic mass is 19.2. The second kappa shape index (κ2) is 10.1. The van der Waals surface area contributed by atoms with Crippen molar-refractivity contribution < 1.29 is 27.2 Å². The first kappa shape index (κ1) is 23.6. The first-order valence-electron chi connectivity index (χ1n) is 10.9. The minimum Gasteiger partial charge on any atom is -0.468 e. The summed E-state index contributed by atoms with van der Waals surface area (Å²) in [6.45, 7) is 2.51. The molecule has 2 heterocycles. The number of carbonyl (C=O) groups excluding carboxylic acids is 2. The SMILES string of the molecule is CC(=O)NC[C@@H]1CC(=O)N(c2ccc(-c3ccc(CNCc4ccco4)c(F)c3F)c(F)c2)C1. The van der Waals surface area contributed by atoms with E-state index in [-0.39, 0.29) is 47.4 Å². The lowest BCUT2D eigenvalue weighted by Gasteiger charge is -2.18. The monoisotopic (exact) mass is 471 g/mol. The third-order valence-electron chi connectivity index (χ3n) is 5.76. The van der Waals surface area contributed by atoms with Gasteiger partial charge in [0.25, 0.3) is 0 Å². The third kappa shape index (κ3) is 5.14. The topological polar surface area (TPSA) is 74.6 Å². The van der Waals surface area contributed by atoms with Crippen LogP contribution < -0.4 is 15.5 Å². The fraction of sp³-hybridized carbons (Fsp3) is 0.280. The number of halogens is 3. The van der Waals surface area contributed by atoms with Crippen LogP contribution >= 0.6 is 0 Å². The molecule has 0 spiro atoms. The van der Waals surface area contributed by atoms with Gasteiger partial charge in [0.05, 0.1) is 12.8 Å². The van der Waals surface area contributed by atoms with E-state index >= 15 is 0 Å². The molecule has 3 aromatic rings. The van der Waals surface area contributed by atoms with Crippen LogP contribution in [0, 0.1) is 23.4 Å². The predicted molar refractivity (Wildman–Crippen MR) is 120 cm³/mol. The highest BCUT2D eigenvalue weighted by molar-refractivity contribution is 5.96. The van der Waals surface area contributed by atoms with Crippen LogP contribution in [0.5, 0.6) is 0 Å². The Hall–Kier alpha value is -3.59. The van der Waals surface area contributed by atoms with Gasteiger partial charge in [-0.2, -0.15) is 0 Å². The van der Waals surface area contributed by atoms with Crippen LogP contribution in [0.1, 0.15) is 24.7 Å². The van der Waals surface area contributed by atoms with E-state index in [1.807, 2.05) is 0 Å². The van der Waals surface area contributed by atoms with Gasteiger partial charge in [0.2, 0.25) is 11.8 Å². The quantitative estimate of drug-likeness (QED) is 0.518. The van der Waals surface area contributed by atoms with Gasteiger partial charge in [0.1, 0.15) is 11.6 Å². The van der Waals surface area contributed by atoms with Gasteiger partial charge in [-0.1, -0.05) is 12.1 Å². The highest BCUT2D eigenvalue weighted by Gasteiger charge is 2.31. The van der Waals surface area contributed by atoms with Crippen molar-refractivity contribution in [1.29, 1.82) is 0 Å².